The van der Waals surface area contributed by atoms with Crippen LogP contribution in [0.3, 0.4) is 0 Å². The van der Waals surface area contributed by atoms with E-state index in [1.165, 1.54) is 5.56 Å². The van der Waals surface area contributed by atoms with Crippen molar-refractivity contribution < 1.29 is 9.53 Å². The molecule has 0 radical (unpaired) electrons. The van der Waals surface area contributed by atoms with Crippen molar-refractivity contribution in [2.75, 3.05) is 13.1 Å². The summed E-state index contributed by atoms with van der Waals surface area (Å²) in [5.41, 5.74) is 2.40. The maximum absolute atomic E-state index is 12.8. The van der Waals surface area contributed by atoms with Gasteiger partial charge in [-0.05, 0) is 63.4 Å². The van der Waals surface area contributed by atoms with Gasteiger partial charge in [-0.15, -0.1) is 0 Å². The molecule has 1 amide bonds. The second-order valence-corrected chi connectivity index (χ2v) is 8.03. The molecule has 4 nitrogen and oxygen atoms in total. The lowest BCUT2D eigenvalue weighted by Gasteiger charge is -2.32. The van der Waals surface area contributed by atoms with E-state index in [1.54, 1.807) is 0 Å². The highest BCUT2D eigenvalue weighted by atomic mass is 16.5. The van der Waals surface area contributed by atoms with Gasteiger partial charge >= 0.3 is 0 Å². The van der Waals surface area contributed by atoms with Crippen LogP contribution < -0.4 is 10.1 Å². The Morgan fingerprint density at radius 2 is 1.82 bits per heavy atom. The van der Waals surface area contributed by atoms with Gasteiger partial charge < -0.3 is 10.1 Å². The fourth-order valence-electron chi connectivity index (χ4n) is 3.78. The van der Waals surface area contributed by atoms with Crippen molar-refractivity contribution >= 4 is 5.91 Å². The van der Waals surface area contributed by atoms with Crippen molar-refractivity contribution in [3.05, 3.63) is 65.7 Å². The van der Waals surface area contributed by atoms with Crippen molar-refractivity contribution in [1.82, 2.24) is 10.2 Å². The molecule has 3 rings (SSSR count). The first-order valence-electron chi connectivity index (χ1n) is 10.3. The molecule has 4 heteroatoms. The molecule has 2 aromatic carbocycles. The molecular formula is C24H32N2O2. The van der Waals surface area contributed by atoms with Crippen LogP contribution in [0, 0.1) is 5.92 Å². The molecule has 0 saturated carbocycles. The molecule has 0 aliphatic carbocycles. The molecule has 0 bridgehead atoms. The number of carbonyl (C=O) groups excluding carboxylic acids is 1. The number of amides is 1. The normalized spacial score (nSPS) is 18.6. The smallest absolute Gasteiger partial charge is 0.224 e. The number of rotatable bonds is 7. The van der Waals surface area contributed by atoms with E-state index in [4.69, 9.17) is 4.74 Å². The SMILES string of the molecule is CC(C)Oc1ccc(C(C)NC(=O)C2CCCN(Cc3ccccc3)C2)cc1. The highest BCUT2D eigenvalue weighted by Gasteiger charge is 2.26. The zero-order valence-electron chi connectivity index (χ0n) is 17.2. The van der Waals surface area contributed by atoms with Crippen LogP contribution in [0.4, 0.5) is 0 Å². The standard InChI is InChI=1S/C24H32N2O2/c1-18(2)28-23-13-11-21(12-14-23)19(3)25-24(27)22-10-7-15-26(17-22)16-20-8-5-4-6-9-20/h4-6,8-9,11-14,18-19,22H,7,10,15-17H2,1-3H3,(H,25,27). The molecule has 0 spiro atoms. The number of nitrogens with one attached hydrogen (secondary N) is 1. The topological polar surface area (TPSA) is 41.6 Å². The average molecular weight is 381 g/mol. The maximum Gasteiger partial charge on any atom is 0.224 e. The number of hydrogen-bond donors (Lipinski definition) is 1. The molecular weight excluding hydrogens is 348 g/mol. The van der Waals surface area contributed by atoms with Crippen LogP contribution in [0.15, 0.2) is 54.6 Å². The van der Waals surface area contributed by atoms with Gasteiger partial charge in [-0.25, -0.2) is 0 Å². The van der Waals surface area contributed by atoms with E-state index in [1.807, 2.05) is 51.1 Å². The number of ether oxygens (including phenoxy) is 1. The number of carbonyl (C=O) groups is 1. The molecule has 150 valence electrons. The van der Waals surface area contributed by atoms with Crippen LogP contribution in [0.1, 0.15) is 50.8 Å². The first kappa shape index (κ1) is 20.4. The second-order valence-electron chi connectivity index (χ2n) is 8.03. The van der Waals surface area contributed by atoms with Gasteiger partial charge in [-0.2, -0.15) is 0 Å². The van der Waals surface area contributed by atoms with E-state index in [2.05, 4.69) is 34.5 Å². The third-order valence-corrected chi connectivity index (χ3v) is 5.24. The molecule has 1 saturated heterocycles. The Morgan fingerprint density at radius 1 is 1.11 bits per heavy atom. The van der Waals surface area contributed by atoms with Gasteiger partial charge in [0.1, 0.15) is 5.75 Å². The number of nitrogens with zero attached hydrogens (tertiary/aromatic N) is 1. The molecule has 2 aromatic rings. The first-order chi connectivity index (χ1) is 13.5. The lowest BCUT2D eigenvalue weighted by Crippen LogP contribution is -2.43. The van der Waals surface area contributed by atoms with E-state index in [9.17, 15) is 4.79 Å². The summed E-state index contributed by atoms with van der Waals surface area (Å²) in [5.74, 6) is 1.08. The van der Waals surface area contributed by atoms with E-state index in [0.717, 1.165) is 43.8 Å². The quantitative estimate of drug-likeness (QED) is 0.765. The summed E-state index contributed by atoms with van der Waals surface area (Å²) in [6.45, 7) is 8.88. The Hall–Kier alpha value is -2.33. The van der Waals surface area contributed by atoms with Gasteiger partial charge in [-0.3, -0.25) is 9.69 Å². The van der Waals surface area contributed by atoms with Crippen molar-refractivity contribution in [3.63, 3.8) is 0 Å². The van der Waals surface area contributed by atoms with Crippen LogP contribution in [0.2, 0.25) is 0 Å². The number of piperidine rings is 1. The lowest BCUT2D eigenvalue weighted by molar-refractivity contribution is -0.127. The fraction of sp³-hybridized carbons (Fsp3) is 0.458. The van der Waals surface area contributed by atoms with Crippen molar-refractivity contribution in [3.8, 4) is 5.75 Å². The van der Waals surface area contributed by atoms with Crippen molar-refractivity contribution in [2.24, 2.45) is 5.92 Å². The minimum Gasteiger partial charge on any atom is -0.491 e. The summed E-state index contributed by atoms with van der Waals surface area (Å²) in [7, 11) is 0. The average Bonchev–Trinajstić information content (AvgIpc) is 2.69. The summed E-state index contributed by atoms with van der Waals surface area (Å²) >= 11 is 0. The third kappa shape index (κ3) is 5.83. The van der Waals surface area contributed by atoms with Gasteiger partial charge in [0.25, 0.3) is 0 Å². The molecule has 2 atom stereocenters. The zero-order chi connectivity index (χ0) is 19.9. The Bertz CT molecular complexity index is 743. The fourth-order valence-corrected chi connectivity index (χ4v) is 3.78. The largest absolute Gasteiger partial charge is 0.491 e. The molecule has 0 aromatic heterocycles. The molecule has 1 aliphatic heterocycles. The summed E-state index contributed by atoms with van der Waals surface area (Å²) < 4.78 is 5.69. The minimum atomic E-state index is -0.00917. The predicted octanol–water partition coefficient (Wildman–Crippen LogP) is 4.56. The Kier molecular flexibility index (Phi) is 7.10. The van der Waals surface area contributed by atoms with Gasteiger partial charge in [-0.1, -0.05) is 42.5 Å². The molecule has 28 heavy (non-hydrogen) atoms. The molecule has 1 heterocycles. The maximum atomic E-state index is 12.8. The minimum absolute atomic E-state index is 0.00917. The van der Waals surface area contributed by atoms with Gasteiger partial charge in [0, 0.05) is 13.1 Å². The number of likely N-dealkylation sites (tertiary alicyclic amines) is 1. The van der Waals surface area contributed by atoms with E-state index in [0.29, 0.717) is 0 Å². The van der Waals surface area contributed by atoms with Crippen LogP contribution in [0.25, 0.3) is 0 Å². The van der Waals surface area contributed by atoms with Crippen molar-refractivity contribution in [2.45, 2.75) is 52.3 Å². The molecule has 1 N–H and O–H groups in total. The Balaban J connectivity index is 1.53. The second kappa shape index (κ2) is 9.74. The van der Waals surface area contributed by atoms with Crippen molar-refractivity contribution in [1.29, 1.82) is 0 Å². The van der Waals surface area contributed by atoms with E-state index >= 15 is 0 Å². The molecule has 1 fully saturated rings. The predicted molar refractivity (Wildman–Crippen MR) is 113 cm³/mol. The van der Waals surface area contributed by atoms with E-state index < -0.39 is 0 Å². The summed E-state index contributed by atoms with van der Waals surface area (Å²) in [4.78, 5) is 15.2. The molecule has 1 aliphatic rings. The van der Waals surface area contributed by atoms with Crippen LogP contribution in [-0.2, 0) is 11.3 Å². The van der Waals surface area contributed by atoms with Gasteiger partial charge in [0.15, 0.2) is 0 Å². The monoisotopic (exact) mass is 380 g/mol. The van der Waals surface area contributed by atoms with Crippen LogP contribution in [-0.4, -0.2) is 30.0 Å². The summed E-state index contributed by atoms with van der Waals surface area (Å²) in [6.07, 6.45) is 2.19. The first-order valence-corrected chi connectivity index (χ1v) is 10.3. The Labute approximate surface area is 168 Å². The Morgan fingerprint density at radius 3 is 2.50 bits per heavy atom. The van der Waals surface area contributed by atoms with Crippen LogP contribution in [0.5, 0.6) is 5.75 Å². The van der Waals surface area contributed by atoms with Gasteiger partial charge in [0.2, 0.25) is 5.91 Å². The number of benzene rings is 2. The summed E-state index contributed by atoms with van der Waals surface area (Å²) in [5, 5.41) is 3.20. The lowest BCUT2D eigenvalue weighted by atomic mass is 9.96. The highest BCUT2D eigenvalue weighted by Crippen LogP contribution is 2.22. The molecule has 2 unspecified atom stereocenters. The van der Waals surface area contributed by atoms with Crippen LogP contribution >= 0.6 is 0 Å². The highest BCUT2D eigenvalue weighted by molar-refractivity contribution is 5.79. The van der Waals surface area contributed by atoms with E-state index in [-0.39, 0.29) is 24.0 Å². The van der Waals surface area contributed by atoms with Gasteiger partial charge in [0.05, 0.1) is 18.1 Å². The zero-order valence-corrected chi connectivity index (χ0v) is 17.2. The third-order valence-electron chi connectivity index (χ3n) is 5.24. The summed E-state index contributed by atoms with van der Waals surface area (Å²) in [6, 6.07) is 18.5. The number of hydrogen-bond acceptors (Lipinski definition) is 3.